The van der Waals surface area contributed by atoms with E-state index in [4.69, 9.17) is 10.6 Å². The maximum absolute atomic E-state index is 13.6. The van der Waals surface area contributed by atoms with Crippen LogP contribution in [-0.2, 0) is 0 Å². The Morgan fingerprint density at radius 3 is 2.78 bits per heavy atom. The van der Waals surface area contributed by atoms with Gasteiger partial charge in [0.1, 0.15) is 11.5 Å². The van der Waals surface area contributed by atoms with Crippen molar-refractivity contribution in [1.29, 1.82) is 0 Å². The Kier molecular flexibility index (Phi) is 5.39. The van der Waals surface area contributed by atoms with Crippen molar-refractivity contribution in [2.24, 2.45) is 5.84 Å². The Balaban J connectivity index is 2.87. The molecule has 1 rings (SSSR count). The lowest BCUT2D eigenvalue weighted by Crippen LogP contribution is -2.06. The normalized spacial score (nSPS) is 12.5. The quantitative estimate of drug-likeness (QED) is 0.361. The van der Waals surface area contributed by atoms with Crippen LogP contribution in [0.4, 0.5) is 10.1 Å². The number of anilines is 1. The third-order valence-electron chi connectivity index (χ3n) is 2.44. The zero-order valence-electron chi connectivity index (χ0n) is 11.0. The Morgan fingerprint density at radius 1 is 1.50 bits per heavy atom. The molecule has 1 aromatic rings. The average Bonchev–Trinajstić information content (AvgIpc) is 2.38. The van der Waals surface area contributed by atoms with E-state index < -0.39 is 0 Å². The summed E-state index contributed by atoms with van der Waals surface area (Å²) in [6.45, 7) is 5.43. The molecule has 0 radical (unpaired) electrons. The summed E-state index contributed by atoms with van der Waals surface area (Å²) in [6.07, 6.45) is 3.95. The fourth-order valence-corrected chi connectivity index (χ4v) is 1.41. The minimum absolute atomic E-state index is 0.247. The Hall–Kier alpha value is -1.81. The second-order valence-corrected chi connectivity index (χ2v) is 3.94. The first-order valence-electron chi connectivity index (χ1n) is 5.86. The molecule has 0 aliphatic rings. The highest BCUT2D eigenvalue weighted by Gasteiger charge is 2.05. The number of hydrogen-bond donors (Lipinski definition) is 2. The summed E-state index contributed by atoms with van der Waals surface area (Å²) in [5.41, 5.74) is 4.22. The molecule has 3 nitrogen and oxygen atoms in total. The molecule has 4 heteroatoms. The molecule has 18 heavy (non-hydrogen) atoms. The third kappa shape index (κ3) is 3.89. The molecule has 0 amide bonds. The van der Waals surface area contributed by atoms with Gasteiger partial charge in [-0.2, -0.15) is 0 Å². The maximum atomic E-state index is 13.6. The topological polar surface area (TPSA) is 47.3 Å². The van der Waals surface area contributed by atoms with Gasteiger partial charge in [-0.1, -0.05) is 13.0 Å². The minimum Gasteiger partial charge on any atom is -0.459 e. The van der Waals surface area contributed by atoms with Crippen LogP contribution in [-0.4, -0.2) is 0 Å². The summed E-state index contributed by atoms with van der Waals surface area (Å²) >= 11 is 0. The second kappa shape index (κ2) is 6.81. The van der Waals surface area contributed by atoms with Crippen molar-refractivity contribution in [2.75, 3.05) is 5.43 Å². The molecule has 0 saturated heterocycles. The molecule has 0 spiro atoms. The zero-order chi connectivity index (χ0) is 13.5. The smallest absolute Gasteiger partial charge is 0.160 e. The first-order valence-corrected chi connectivity index (χ1v) is 5.86. The molecule has 98 valence electrons. The fourth-order valence-electron chi connectivity index (χ4n) is 1.41. The van der Waals surface area contributed by atoms with E-state index in [1.165, 1.54) is 6.08 Å². The van der Waals surface area contributed by atoms with Gasteiger partial charge >= 0.3 is 0 Å². The van der Waals surface area contributed by atoms with Crippen molar-refractivity contribution in [2.45, 2.75) is 27.2 Å². The summed E-state index contributed by atoms with van der Waals surface area (Å²) in [5, 5.41) is 0. The molecule has 1 aromatic carbocycles. The van der Waals surface area contributed by atoms with Gasteiger partial charge in [0, 0.05) is 5.69 Å². The summed E-state index contributed by atoms with van der Waals surface area (Å²) in [5.74, 6) is 5.80. The van der Waals surface area contributed by atoms with Crippen molar-refractivity contribution in [3.05, 3.63) is 47.5 Å². The lowest BCUT2D eigenvalue weighted by atomic mass is 10.2. The van der Waals surface area contributed by atoms with Gasteiger partial charge in [-0.3, -0.25) is 5.84 Å². The standard InChI is InChI=1S/C14H19FN2O/c1-4-5-6-13(15)11(3)18-14-8-7-12(17-16)9-10(14)2/h5-9,17H,4,16H2,1-3H3/b6-5-,13-11-. The van der Waals surface area contributed by atoms with Gasteiger partial charge in [0.2, 0.25) is 0 Å². The van der Waals surface area contributed by atoms with Gasteiger partial charge in [-0.15, -0.1) is 0 Å². The van der Waals surface area contributed by atoms with Gasteiger partial charge in [0.25, 0.3) is 0 Å². The van der Waals surface area contributed by atoms with Crippen molar-refractivity contribution < 1.29 is 9.13 Å². The number of nitrogens with two attached hydrogens (primary N) is 1. The van der Waals surface area contributed by atoms with Crippen LogP contribution in [0.3, 0.4) is 0 Å². The number of ether oxygens (including phenoxy) is 1. The molecule has 0 aliphatic heterocycles. The van der Waals surface area contributed by atoms with Crippen molar-refractivity contribution in [3.8, 4) is 5.75 Å². The molecule has 0 bridgehead atoms. The number of benzene rings is 1. The minimum atomic E-state index is -0.364. The fraction of sp³-hybridized carbons (Fsp3) is 0.286. The number of hydrogen-bond acceptors (Lipinski definition) is 3. The molecule has 0 unspecified atom stereocenters. The van der Waals surface area contributed by atoms with Crippen molar-refractivity contribution >= 4 is 5.69 Å². The molecule has 0 heterocycles. The first-order chi connectivity index (χ1) is 8.58. The largest absolute Gasteiger partial charge is 0.459 e. The lowest BCUT2D eigenvalue weighted by Gasteiger charge is -2.10. The van der Waals surface area contributed by atoms with Crippen LogP contribution in [0.15, 0.2) is 41.9 Å². The lowest BCUT2D eigenvalue weighted by molar-refractivity contribution is 0.400. The van der Waals surface area contributed by atoms with E-state index in [2.05, 4.69) is 5.43 Å². The SMILES string of the molecule is CC/C=C\C(F)=C(/C)Oc1ccc(NN)cc1C. The van der Waals surface area contributed by atoms with Gasteiger partial charge < -0.3 is 10.2 Å². The van der Waals surface area contributed by atoms with E-state index in [0.29, 0.717) is 5.75 Å². The van der Waals surface area contributed by atoms with E-state index in [0.717, 1.165) is 17.7 Å². The molecule has 0 fully saturated rings. The highest BCUT2D eigenvalue weighted by Crippen LogP contribution is 2.24. The van der Waals surface area contributed by atoms with E-state index in [1.807, 2.05) is 19.9 Å². The highest BCUT2D eigenvalue weighted by atomic mass is 19.1. The average molecular weight is 250 g/mol. The predicted molar refractivity (Wildman–Crippen MR) is 72.9 cm³/mol. The zero-order valence-corrected chi connectivity index (χ0v) is 11.0. The number of aryl methyl sites for hydroxylation is 1. The first kappa shape index (κ1) is 14.3. The molecule has 0 atom stereocenters. The summed E-state index contributed by atoms with van der Waals surface area (Å²) < 4.78 is 19.1. The Bertz CT molecular complexity index is 467. The second-order valence-electron chi connectivity index (χ2n) is 3.94. The third-order valence-corrected chi connectivity index (χ3v) is 2.44. The van der Waals surface area contributed by atoms with E-state index in [1.54, 1.807) is 25.1 Å². The van der Waals surface area contributed by atoms with Crippen LogP contribution >= 0.6 is 0 Å². The van der Waals surface area contributed by atoms with Crippen LogP contribution in [0.2, 0.25) is 0 Å². The number of allylic oxidation sites excluding steroid dienone is 4. The number of hydrazine groups is 1. The number of halogens is 1. The molecular formula is C14H19FN2O. The van der Waals surface area contributed by atoms with Crippen LogP contribution < -0.4 is 16.0 Å². The van der Waals surface area contributed by atoms with Gasteiger partial charge in [-0.25, -0.2) is 4.39 Å². The molecule has 3 N–H and O–H groups in total. The summed E-state index contributed by atoms with van der Waals surface area (Å²) in [7, 11) is 0. The number of nitrogen functional groups attached to an aromatic ring is 1. The number of rotatable bonds is 5. The van der Waals surface area contributed by atoms with Gasteiger partial charge in [-0.05, 0) is 50.1 Å². The number of nitrogens with one attached hydrogen (secondary N) is 1. The maximum Gasteiger partial charge on any atom is 0.160 e. The molecule has 0 saturated carbocycles. The van der Waals surface area contributed by atoms with Crippen LogP contribution in [0.1, 0.15) is 25.8 Å². The van der Waals surface area contributed by atoms with Crippen LogP contribution in [0.25, 0.3) is 0 Å². The molecule has 0 aliphatic carbocycles. The summed E-state index contributed by atoms with van der Waals surface area (Å²) in [4.78, 5) is 0. The molecular weight excluding hydrogens is 231 g/mol. The molecule has 0 aromatic heterocycles. The highest BCUT2D eigenvalue weighted by molar-refractivity contribution is 5.50. The predicted octanol–water partition coefficient (Wildman–Crippen LogP) is 3.83. The van der Waals surface area contributed by atoms with Crippen LogP contribution in [0.5, 0.6) is 5.75 Å². The Morgan fingerprint density at radius 2 is 2.22 bits per heavy atom. The van der Waals surface area contributed by atoms with Crippen LogP contribution in [0, 0.1) is 6.92 Å². The van der Waals surface area contributed by atoms with E-state index in [-0.39, 0.29) is 11.6 Å². The van der Waals surface area contributed by atoms with E-state index in [9.17, 15) is 4.39 Å². The monoisotopic (exact) mass is 250 g/mol. The van der Waals surface area contributed by atoms with Gasteiger partial charge in [0.05, 0.1) is 0 Å². The van der Waals surface area contributed by atoms with Crippen molar-refractivity contribution in [1.82, 2.24) is 0 Å². The Labute approximate surface area is 107 Å². The van der Waals surface area contributed by atoms with Gasteiger partial charge in [0.15, 0.2) is 5.83 Å². The van der Waals surface area contributed by atoms with E-state index >= 15 is 0 Å². The summed E-state index contributed by atoms with van der Waals surface area (Å²) in [6, 6.07) is 5.36. The van der Waals surface area contributed by atoms with Crippen molar-refractivity contribution in [3.63, 3.8) is 0 Å².